The van der Waals surface area contributed by atoms with Crippen molar-refractivity contribution in [1.29, 1.82) is 0 Å². The van der Waals surface area contributed by atoms with Gasteiger partial charge >= 0.3 is 0 Å². The number of nitrogens with one attached hydrogen (secondary N) is 2. The summed E-state index contributed by atoms with van der Waals surface area (Å²) in [5, 5.41) is 6.14. The Morgan fingerprint density at radius 3 is 2.81 bits per heavy atom. The number of hydrogen-bond donors (Lipinski definition) is 2. The van der Waals surface area contributed by atoms with Crippen molar-refractivity contribution in [2.75, 3.05) is 23.3 Å². The highest BCUT2D eigenvalue weighted by Crippen LogP contribution is 2.28. The van der Waals surface area contributed by atoms with E-state index in [0.717, 1.165) is 18.5 Å². The van der Waals surface area contributed by atoms with Crippen molar-refractivity contribution in [2.45, 2.75) is 38.1 Å². The van der Waals surface area contributed by atoms with Gasteiger partial charge in [-0.15, -0.1) is 0 Å². The van der Waals surface area contributed by atoms with Crippen LogP contribution in [0, 0.1) is 0 Å². The largest absolute Gasteiger partial charge is 0.323 e. The average molecular weight is 287 g/mol. The molecule has 112 valence electrons. The van der Waals surface area contributed by atoms with Crippen LogP contribution in [0.25, 0.3) is 0 Å². The van der Waals surface area contributed by atoms with Gasteiger partial charge in [0.1, 0.15) is 6.54 Å². The van der Waals surface area contributed by atoms with Crippen molar-refractivity contribution in [3.05, 3.63) is 24.3 Å². The lowest BCUT2D eigenvalue weighted by atomic mass is 9.95. The molecule has 2 aliphatic rings. The molecule has 0 spiro atoms. The molecule has 0 unspecified atom stereocenters. The predicted molar refractivity (Wildman–Crippen MR) is 82.3 cm³/mol. The second-order valence-electron chi connectivity index (χ2n) is 5.76. The molecule has 5 nitrogen and oxygen atoms in total. The van der Waals surface area contributed by atoms with E-state index in [1.54, 1.807) is 4.90 Å². The third kappa shape index (κ3) is 3.24. The zero-order valence-electron chi connectivity index (χ0n) is 12.1. The third-order valence-electron chi connectivity index (χ3n) is 4.22. The monoisotopic (exact) mass is 287 g/mol. The maximum Gasteiger partial charge on any atom is 0.244 e. The molecule has 0 radical (unpaired) electrons. The van der Waals surface area contributed by atoms with Gasteiger partial charge in [0.2, 0.25) is 11.8 Å². The first-order valence-corrected chi connectivity index (χ1v) is 7.66. The first-order chi connectivity index (χ1) is 10.2. The fourth-order valence-corrected chi connectivity index (χ4v) is 3.09. The highest BCUT2D eigenvalue weighted by molar-refractivity contribution is 6.10. The summed E-state index contributed by atoms with van der Waals surface area (Å²) in [6.45, 7) is 0.397. The Balaban J connectivity index is 1.65. The van der Waals surface area contributed by atoms with Gasteiger partial charge in [-0.3, -0.25) is 14.5 Å². The molecule has 5 heteroatoms. The molecule has 0 aromatic heterocycles. The molecule has 1 aromatic carbocycles. The number of carbonyl (C=O) groups excluding carboxylic acids is 2. The molecule has 1 saturated carbocycles. The van der Waals surface area contributed by atoms with E-state index < -0.39 is 0 Å². The first-order valence-electron chi connectivity index (χ1n) is 7.66. The number of anilines is 2. The SMILES string of the molecule is O=C1CN(C(=O)CNC2CCCCC2)c2ccccc2N1. The lowest BCUT2D eigenvalue weighted by Crippen LogP contribution is -2.47. The molecule has 0 bridgehead atoms. The minimum absolute atomic E-state index is 0.0390. The zero-order chi connectivity index (χ0) is 14.7. The van der Waals surface area contributed by atoms with Crippen molar-refractivity contribution in [1.82, 2.24) is 5.32 Å². The van der Waals surface area contributed by atoms with E-state index in [0.29, 0.717) is 18.3 Å². The second kappa shape index (κ2) is 6.26. The number of carbonyl (C=O) groups is 2. The van der Waals surface area contributed by atoms with Gasteiger partial charge in [0.15, 0.2) is 0 Å². The van der Waals surface area contributed by atoms with Gasteiger partial charge < -0.3 is 10.6 Å². The molecule has 0 saturated heterocycles. The molecular formula is C16H21N3O2. The molecule has 21 heavy (non-hydrogen) atoms. The lowest BCUT2D eigenvalue weighted by Gasteiger charge is -2.30. The Morgan fingerprint density at radius 2 is 2.00 bits per heavy atom. The topological polar surface area (TPSA) is 61.4 Å². The van der Waals surface area contributed by atoms with E-state index >= 15 is 0 Å². The molecule has 2 N–H and O–H groups in total. The van der Waals surface area contributed by atoms with Crippen LogP contribution in [-0.4, -0.2) is 30.9 Å². The summed E-state index contributed by atoms with van der Waals surface area (Å²) >= 11 is 0. The quantitative estimate of drug-likeness (QED) is 0.892. The molecule has 1 aliphatic heterocycles. The molecule has 3 rings (SSSR count). The summed E-state index contributed by atoms with van der Waals surface area (Å²) < 4.78 is 0. The molecule has 1 aliphatic carbocycles. The van der Waals surface area contributed by atoms with Crippen LogP contribution in [0.15, 0.2) is 24.3 Å². The normalized spacial score (nSPS) is 19.0. The minimum atomic E-state index is -0.139. The molecule has 1 fully saturated rings. The van der Waals surface area contributed by atoms with Crippen LogP contribution in [-0.2, 0) is 9.59 Å². The van der Waals surface area contributed by atoms with Gasteiger partial charge in [0.05, 0.1) is 17.9 Å². The van der Waals surface area contributed by atoms with Crippen LogP contribution in [0.3, 0.4) is 0 Å². The number of rotatable bonds is 3. The number of para-hydroxylation sites is 2. The number of fused-ring (bicyclic) bond motifs is 1. The number of amides is 2. The van der Waals surface area contributed by atoms with Crippen LogP contribution in [0.4, 0.5) is 11.4 Å². The maximum atomic E-state index is 12.4. The Labute approximate surface area is 124 Å². The van der Waals surface area contributed by atoms with Crippen molar-refractivity contribution in [3.8, 4) is 0 Å². The molecular weight excluding hydrogens is 266 g/mol. The highest BCUT2D eigenvalue weighted by Gasteiger charge is 2.26. The van der Waals surface area contributed by atoms with Crippen molar-refractivity contribution in [2.24, 2.45) is 0 Å². The van der Waals surface area contributed by atoms with E-state index in [2.05, 4.69) is 10.6 Å². The number of benzene rings is 1. The molecule has 1 aromatic rings. The summed E-state index contributed by atoms with van der Waals surface area (Å²) in [5.74, 6) is -0.178. The Hall–Kier alpha value is -1.88. The standard InChI is InChI=1S/C16H21N3O2/c20-15-11-19(14-9-5-4-8-13(14)18-15)16(21)10-17-12-6-2-1-3-7-12/h4-5,8-9,12,17H,1-3,6-7,10-11H2,(H,18,20). The Morgan fingerprint density at radius 1 is 1.24 bits per heavy atom. The Kier molecular flexibility index (Phi) is 4.20. The fraction of sp³-hybridized carbons (Fsp3) is 0.500. The van der Waals surface area contributed by atoms with Crippen LogP contribution < -0.4 is 15.5 Å². The van der Waals surface area contributed by atoms with Crippen LogP contribution in [0.2, 0.25) is 0 Å². The van der Waals surface area contributed by atoms with Gasteiger partial charge in [0, 0.05) is 6.04 Å². The minimum Gasteiger partial charge on any atom is -0.323 e. The van der Waals surface area contributed by atoms with Gasteiger partial charge in [-0.2, -0.15) is 0 Å². The van der Waals surface area contributed by atoms with E-state index in [4.69, 9.17) is 0 Å². The number of nitrogens with zero attached hydrogens (tertiary/aromatic N) is 1. The van der Waals surface area contributed by atoms with Gasteiger partial charge in [-0.1, -0.05) is 31.4 Å². The summed E-state index contributed by atoms with van der Waals surface area (Å²) in [6.07, 6.45) is 6.06. The first kappa shape index (κ1) is 14.1. The molecule has 0 atom stereocenters. The van der Waals surface area contributed by atoms with E-state index in [1.807, 2.05) is 24.3 Å². The summed E-state index contributed by atoms with van der Waals surface area (Å²) in [5.41, 5.74) is 1.49. The molecule has 1 heterocycles. The van der Waals surface area contributed by atoms with Crippen LogP contribution >= 0.6 is 0 Å². The third-order valence-corrected chi connectivity index (χ3v) is 4.22. The maximum absolute atomic E-state index is 12.4. The van der Waals surface area contributed by atoms with Gasteiger partial charge in [0.25, 0.3) is 0 Å². The van der Waals surface area contributed by atoms with Crippen LogP contribution in [0.1, 0.15) is 32.1 Å². The van der Waals surface area contributed by atoms with Crippen molar-refractivity contribution >= 4 is 23.2 Å². The van der Waals surface area contributed by atoms with Crippen molar-refractivity contribution in [3.63, 3.8) is 0 Å². The fourth-order valence-electron chi connectivity index (χ4n) is 3.09. The summed E-state index contributed by atoms with van der Waals surface area (Å²) in [6, 6.07) is 7.86. The smallest absolute Gasteiger partial charge is 0.244 e. The highest BCUT2D eigenvalue weighted by atomic mass is 16.2. The summed E-state index contributed by atoms with van der Waals surface area (Å²) in [7, 11) is 0. The molecule has 2 amide bonds. The zero-order valence-corrected chi connectivity index (χ0v) is 12.1. The van der Waals surface area contributed by atoms with Crippen LogP contribution in [0.5, 0.6) is 0 Å². The van der Waals surface area contributed by atoms with E-state index in [-0.39, 0.29) is 18.4 Å². The number of hydrogen-bond acceptors (Lipinski definition) is 3. The van der Waals surface area contributed by atoms with Gasteiger partial charge in [-0.25, -0.2) is 0 Å². The lowest BCUT2D eigenvalue weighted by molar-refractivity contribution is -0.121. The van der Waals surface area contributed by atoms with E-state index in [1.165, 1.54) is 19.3 Å². The average Bonchev–Trinajstić information content (AvgIpc) is 2.52. The van der Waals surface area contributed by atoms with E-state index in [9.17, 15) is 9.59 Å². The second-order valence-corrected chi connectivity index (χ2v) is 5.76. The van der Waals surface area contributed by atoms with Gasteiger partial charge in [-0.05, 0) is 25.0 Å². The van der Waals surface area contributed by atoms with Crippen molar-refractivity contribution < 1.29 is 9.59 Å². The summed E-state index contributed by atoms with van der Waals surface area (Å²) in [4.78, 5) is 25.7. The predicted octanol–water partition coefficient (Wildman–Crippen LogP) is 1.89. The Bertz CT molecular complexity index is 538.